The molecule has 1 N–H and O–H groups in total. The third-order valence-electron chi connectivity index (χ3n) is 5.61. The van der Waals surface area contributed by atoms with Crippen LogP contribution in [0.2, 0.25) is 0 Å². The maximum absolute atomic E-state index is 12.8. The van der Waals surface area contributed by atoms with E-state index in [1.54, 1.807) is 14.0 Å². The summed E-state index contributed by atoms with van der Waals surface area (Å²) in [6.45, 7) is 2.17. The molecule has 1 aliphatic rings. The van der Waals surface area contributed by atoms with Crippen LogP contribution in [0.5, 0.6) is 11.5 Å². The van der Waals surface area contributed by atoms with Gasteiger partial charge in [0.2, 0.25) is 0 Å². The van der Waals surface area contributed by atoms with E-state index in [0.717, 1.165) is 22.8 Å². The number of hydrogen-bond acceptors (Lipinski definition) is 5. The Morgan fingerprint density at radius 2 is 1.74 bits per heavy atom. The summed E-state index contributed by atoms with van der Waals surface area (Å²) in [6.07, 6.45) is 1.08. The number of nitrogens with one attached hydrogen (secondary N) is 1. The van der Waals surface area contributed by atoms with Gasteiger partial charge in [-0.1, -0.05) is 30.3 Å². The first kappa shape index (κ1) is 20.7. The summed E-state index contributed by atoms with van der Waals surface area (Å²) >= 11 is 0. The molecular formula is C25H25NO5. The van der Waals surface area contributed by atoms with Crippen molar-refractivity contribution in [2.24, 2.45) is 0 Å². The Bertz CT molecular complexity index is 1070. The van der Waals surface area contributed by atoms with Crippen LogP contribution in [-0.2, 0) is 11.2 Å². The molecular weight excluding hydrogens is 394 g/mol. The van der Waals surface area contributed by atoms with E-state index in [-0.39, 0.29) is 24.9 Å². The van der Waals surface area contributed by atoms with Crippen molar-refractivity contribution in [1.82, 2.24) is 4.98 Å². The number of aromatic amines is 1. The number of carbonyl (C=O) groups is 2. The van der Waals surface area contributed by atoms with Crippen LogP contribution in [-0.4, -0.2) is 37.1 Å². The van der Waals surface area contributed by atoms with Crippen LogP contribution in [0.3, 0.4) is 0 Å². The van der Waals surface area contributed by atoms with Crippen LogP contribution >= 0.6 is 0 Å². The summed E-state index contributed by atoms with van der Waals surface area (Å²) in [7, 11) is 1.63. The van der Waals surface area contributed by atoms with Crippen molar-refractivity contribution in [3.05, 3.63) is 82.7 Å². The smallest absolute Gasteiger partial charge is 0.355 e. The van der Waals surface area contributed by atoms with Gasteiger partial charge >= 0.3 is 5.97 Å². The number of esters is 1. The van der Waals surface area contributed by atoms with Crippen molar-refractivity contribution in [1.29, 1.82) is 0 Å². The van der Waals surface area contributed by atoms with E-state index in [4.69, 9.17) is 14.2 Å². The highest BCUT2D eigenvalue weighted by atomic mass is 16.6. The normalized spacial score (nSPS) is 15.3. The summed E-state index contributed by atoms with van der Waals surface area (Å²) in [4.78, 5) is 28.6. The number of fused-ring (bicyclic) bond motifs is 1. The van der Waals surface area contributed by atoms with Gasteiger partial charge in [0, 0.05) is 17.7 Å². The second-order valence-corrected chi connectivity index (χ2v) is 7.58. The first-order chi connectivity index (χ1) is 15.1. The summed E-state index contributed by atoms with van der Waals surface area (Å²) in [5.74, 6) is 1.13. The Labute approximate surface area is 181 Å². The van der Waals surface area contributed by atoms with E-state index in [9.17, 15) is 9.59 Å². The van der Waals surface area contributed by atoms with Gasteiger partial charge in [-0.15, -0.1) is 0 Å². The minimum Gasteiger partial charge on any atom is -0.497 e. The number of H-pyrrole nitrogens is 1. The molecule has 0 spiro atoms. The number of ketones is 1. The number of methoxy groups -OCH3 is 1. The molecule has 0 radical (unpaired) electrons. The molecule has 0 saturated carbocycles. The summed E-state index contributed by atoms with van der Waals surface area (Å²) in [5, 5.41) is 0. The first-order valence-corrected chi connectivity index (χ1v) is 10.3. The predicted octanol–water partition coefficient (Wildman–Crippen LogP) is 4.48. The molecule has 160 valence electrons. The Kier molecular flexibility index (Phi) is 6.07. The molecule has 1 aromatic heterocycles. The fourth-order valence-electron chi connectivity index (χ4n) is 4.03. The van der Waals surface area contributed by atoms with E-state index in [1.807, 2.05) is 54.6 Å². The standard InChI is InChI=1S/C25H25NO5/c1-16-23-21(14-18(15-22(23)27)17-8-10-19(29-2)11-9-17)26-24(16)25(28)31-13-12-30-20-6-4-3-5-7-20/h3-11,18,26H,12-15H2,1-2H3/t18-/m1/s1. The van der Waals surface area contributed by atoms with E-state index in [2.05, 4.69) is 4.98 Å². The Balaban J connectivity index is 1.42. The Morgan fingerprint density at radius 3 is 2.45 bits per heavy atom. The molecule has 0 aliphatic heterocycles. The number of benzene rings is 2. The quantitative estimate of drug-likeness (QED) is 0.451. The molecule has 0 saturated heterocycles. The Morgan fingerprint density at radius 1 is 1.00 bits per heavy atom. The number of Topliss-reactive ketones (excluding diaryl/α,β-unsaturated/α-hetero) is 1. The van der Waals surface area contributed by atoms with Gasteiger partial charge in [-0.05, 0) is 54.7 Å². The highest BCUT2D eigenvalue weighted by Gasteiger charge is 2.32. The van der Waals surface area contributed by atoms with Gasteiger partial charge in [0.05, 0.1) is 7.11 Å². The summed E-state index contributed by atoms with van der Waals surface area (Å²) in [6, 6.07) is 17.1. The van der Waals surface area contributed by atoms with Crippen LogP contribution in [0, 0.1) is 6.92 Å². The van der Waals surface area contributed by atoms with Crippen LogP contribution in [0.4, 0.5) is 0 Å². The molecule has 6 heteroatoms. The third kappa shape index (κ3) is 4.48. The average Bonchev–Trinajstić information content (AvgIpc) is 3.14. The zero-order valence-electron chi connectivity index (χ0n) is 17.6. The van der Waals surface area contributed by atoms with Crippen molar-refractivity contribution in [2.75, 3.05) is 20.3 Å². The molecule has 0 amide bonds. The number of hydrogen-bond donors (Lipinski definition) is 1. The number of aromatic nitrogens is 1. The second-order valence-electron chi connectivity index (χ2n) is 7.58. The molecule has 2 aromatic carbocycles. The highest BCUT2D eigenvalue weighted by molar-refractivity contribution is 6.03. The number of ether oxygens (including phenoxy) is 3. The lowest BCUT2D eigenvalue weighted by Gasteiger charge is -2.22. The predicted molar refractivity (Wildman–Crippen MR) is 116 cm³/mol. The van der Waals surface area contributed by atoms with Gasteiger partial charge in [-0.25, -0.2) is 4.79 Å². The van der Waals surface area contributed by atoms with Crippen LogP contribution in [0.25, 0.3) is 0 Å². The average molecular weight is 419 g/mol. The SMILES string of the molecule is COc1ccc([C@H]2CC(=O)c3c([nH]c(C(=O)OCCOc4ccccc4)c3C)C2)cc1. The van der Waals surface area contributed by atoms with Crippen molar-refractivity contribution in [3.8, 4) is 11.5 Å². The molecule has 0 fully saturated rings. The largest absolute Gasteiger partial charge is 0.497 e. The molecule has 0 unspecified atom stereocenters. The number of carbonyl (C=O) groups excluding carboxylic acids is 2. The van der Waals surface area contributed by atoms with Crippen LogP contribution < -0.4 is 9.47 Å². The first-order valence-electron chi connectivity index (χ1n) is 10.3. The topological polar surface area (TPSA) is 77.6 Å². The zero-order chi connectivity index (χ0) is 21.8. The number of para-hydroxylation sites is 1. The van der Waals surface area contributed by atoms with E-state index >= 15 is 0 Å². The molecule has 3 aromatic rings. The van der Waals surface area contributed by atoms with Crippen molar-refractivity contribution < 1.29 is 23.8 Å². The molecule has 1 heterocycles. The molecule has 1 atom stereocenters. The van der Waals surface area contributed by atoms with E-state index < -0.39 is 5.97 Å². The minimum absolute atomic E-state index is 0.0438. The molecule has 31 heavy (non-hydrogen) atoms. The summed E-state index contributed by atoms with van der Waals surface area (Å²) < 4.78 is 16.1. The lowest BCUT2D eigenvalue weighted by molar-refractivity contribution is 0.0443. The summed E-state index contributed by atoms with van der Waals surface area (Å²) in [5.41, 5.74) is 3.49. The molecule has 1 aliphatic carbocycles. The Hall–Kier alpha value is -3.54. The van der Waals surface area contributed by atoms with E-state index in [1.165, 1.54) is 0 Å². The van der Waals surface area contributed by atoms with Gasteiger partial charge in [0.1, 0.15) is 30.4 Å². The maximum atomic E-state index is 12.8. The number of rotatable bonds is 7. The monoisotopic (exact) mass is 419 g/mol. The third-order valence-corrected chi connectivity index (χ3v) is 5.61. The van der Waals surface area contributed by atoms with Crippen molar-refractivity contribution in [3.63, 3.8) is 0 Å². The van der Waals surface area contributed by atoms with Crippen LogP contribution in [0.1, 0.15) is 50.0 Å². The van der Waals surface area contributed by atoms with Gasteiger partial charge in [0.25, 0.3) is 0 Å². The van der Waals surface area contributed by atoms with Gasteiger partial charge < -0.3 is 19.2 Å². The molecule has 4 rings (SSSR count). The van der Waals surface area contributed by atoms with Gasteiger partial charge in [-0.2, -0.15) is 0 Å². The minimum atomic E-state index is -0.475. The molecule has 6 nitrogen and oxygen atoms in total. The fourth-order valence-corrected chi connectivity index (χ4v) is 4.03. The highest BCUT2D eigenvalue weighted by Crippen LogP contribution is 2.35. The maximum Gasteiger partial charge on any atom is 0.355 e. The molecule has 0 bridgehead atoms. The van der Waals surface area contributed by atoms with Crippen molar-refractivity contribution >= 4 is 11.8 Å². The van der Waals surface area contributed by atoms with Crippen molar-refractivity contribution in [2.45, 2.75) is 25.7 Å². The zero-order valence-corrected chi connectivity index (χ0v) is 17.6. The second kappa shape index (κ2) is 9.08. The van der Waals surface area contributed by atoms with E-state index in [0.29, 0.717) is 29.7 Å². The fraction of sp³-hybridized carbons (Fsp3) is 0.280. The lowest BCUT2D eigenvalue weighted by atomic mass is 9.81. The lowest BCUT2D eigenvalue weighted by Crippen LogP contribution is -2.18. The van der Waals surface area contributed by atoms with Crippen LogP contribution in [0.15, 0.2) is 54.6 Å². The van der Waals surface area contributed by atoms with Gasteiger partial charge in [-0.3, -0.25) is 4.79 Å². The van der Waals surface area contributed by atoms with Gasteiger partial charge in [0.15, 0.2) is 5.78 Å².